The number of ether oxygens (including phenoxy) is 3. The van der Waals surface area contributed by atoms with Crippen LogP contribution in [0, 0.1) is 0 Å². The summed E-state index contributed by atoms with van der Waals surface area (Å²) >= 11 is 1.52. The average molecular weight is 579 g/mol. The molecule has 2 amide bonds. The Morgan fingerprint density at radius 3 is 2.23 bits per heavy atom. The Hall–Kier alpha value is -3.57. The van der Waals surface area contributed by atoms with Crippen LogP contribution in [0.15, 0.2) is 60.0 Å². The maximum absolute atomic E-state index is 13.6. The van der Waals surface area contributed by atoms with Crippen LogP contribution in [0.1, 0.15) is 32.8 Å². The van der Waals surface area contributed by atoms with Gasteiger partial charge in [-0.3, -0.25) is 9.59 Å². The quantitative estimate of drug-likeness (QED) is 0.235. The first-order valence-corrected chi connectivity index (χ1v) is 13.5. The Morgan fingerprint density at radius 1 is 0.900 bits per heavy atom. The van der Waals surface area contributed by atoms with Gasteiger partial charge in [0.05, 0.1) is 26.3 Å². The highest BCUT2D eigenvalue weighted by Crippen LogP contribution is 2.30. The van der Waals surface area contributed by atoms with Crippen molar-refractivity contribution in [1.82, 2.24) is 9.80 Å². The molecule has 0 aliphatic rings. The van der Waals surface area contributed by atoms with Gasteiger partial charge in [-0.2, -0.15) is 13.2 Å². The SMILES string of the molecule is COCCCN(CC(=O)N(CCc1ccc(OC)c(OC)c1)Cc1cccs1)C(=O)c1ccc(C(F)(F)F)cc1. The number of carbonyl (C=O) groups is 2. The molecule has 0 spiro atoms. The lowest BCUT2D eigenvalue weighted by atomic mass is 10.1. The van der Waals surface area contributed by atoms with E-state index in [1.807, 2.05) is 29.6 Å². The maximum Gasteiger partial charge on any atom is 0.416 e. The predicted octanol–water partition coefficient (Wildman–Crippen LogP) is 5.53. The van der Waals surface area contributed by atoms with Crippen molar-refractivity contribution in [2.24, 2.45) is 0 Å². The average Bonchev–Trinajstić information content (AvgIpc) is 3.47. The van der Waals surface area contributed by atoms with E-state index in [-0.39, 0.29) is 24.6 Å². The van der Waals surface area contributed by atoms with Gasteiger partial charge in [-0.05, 0) is 66.2 Å². The highest BCUT2D eigenvalue weighted by atomic mass is 32.1. The molecule has 3 aromatic rings. The summed E-state index contributed by atoms with van der Waals surface area (Å²) in [6.07, 6.45) is -3.51. The van der Waals surface area contributed by atoms with Gasteiger partial charge in [0, 0.05) is 37.2 Å². The fourth-order valence-electron chi connectivity index (χ4n) is 4.08. The van der Waals surface area contributed by atoms with Crippen LogP contribution in [0.2, 0.25) is 0 Å². The van der Waals surface area contributed by atoms with Crippen LogP contribution in [0.25, 0.3) is 0 Å². The van der Waals surface area contributed by atoms with Crippen molar-refractivity contribution >= 4 is 23.2 Å². The first-order chi connectivity index (χ1) is 19.2. The molecule has 0 N–H and O–H groups in total. The van der Waals surface area contributed by atoms with Crippen molar-refractivity contribution in [1.29, 1.82) is 0 Å². The number of carbonyl (C=O) groups excluding carboxylic acids is 2. The van der Waals surface area contributed by atoms with Gasteiger partial charge >= 0.3 is 6.18 Å². The Kier molecular flexibility index (Phi) is 11.4. The number of alkyl halides is 3. The second kappa shape index (κ2) is 14.7. The van der Waals surface area contributed by atoms with Gasteiger partial charge in [0.1, 0.15) is 6.54 Å². The molecule has 0 saturated heterocycles. The zero-order valence-electron chi connectivity index (χ0n) is 22.7. The summed E-state index contributed by atoms with van der Waals surface area (Å²) in [5.41, 5.74) is 0.177. The third-order valence-electron chi connectivity index (χ3n) is 6.25. The summed E-state index contributed by atoms with van der Waals surface area (Å²) in [6.45, 7) is 1.10. The highest BCUT2D eigenvalue weighted by molar-refractivity contribution is 7.09. The molecule has 7 nitrogen and oxygen atoms in total. The lowest BCUT2D eigenvalue weighted by molar-refractivity contribution is -0.137. The number of methoxy groups -OCH3 is 3. The number of nitrogens with zero attached hydrogens (tertiary/aromatic N) is 2. The standard InChI is InChI=1S/C29H33F3N2O5S/c1-37-16-5-14-34(28(36)22-8-10-23(11-9-22)29(30,31)32)20-27(35)33(19-24-6-4-17-40-24)15-13-21-7-12-25(38-2)26(18-21)39-3/h4,6-12,17-18H,5,13-16,19-20H2,1-3H3. The molecular formula is C29H33F3N2O5S. The Labute approximate surface area is 236 Å². The van der Waals surface area contributed by atoms with Gasteiger partial charge in [0.2, 0.25) is 5.91 Å². The van der Waals surface area contributed by atoms with Crippen LogP contribution >= 0.6 is 11.3 Å². The van der Waals surface area contributed by atoms with Gasteiger partial charge < -0.3 is 24.0 Å². The number of hydrogen-bond acceptors (Lipinski definition) is 6. The minimum Gasteiger partial charge on any atom is -0.493 e. The minimum atomic E-state index is -4.51. The van der Waals surface area contributed by atoms with E-state index in [9.17, 15) is 22.8 Å². The molecule has 216 valence electrons. The van der Waals surface area contributed by atoms with E-state index in [2.05, 4.69) is 0 Å². The van der Waals surface area contributed by atoms with Crippen LogP contribution in [0.4, 0.5) is 13.2 Å². The fourth-order valence-corrected chi connectivity index (χ4v) is 4.80. The fraction of sp³-hybridized carbons (Fsp3) is 0.379. The van der Waals surface area contributed by atoms with Crippen LogP contribution in [0.3, 0.4) is 0 Å². The van der Waals surface area contributed by atoms with E-state index in [1.54, 1.807) is 25.2 Å². The molecule has 0 aliphatic heterocycles. The first-order valence-electron chi connectivity index (χ1n) is 12.6. The van der Waals surface area contributed by atoms with Crippen LogP contribution in [-0.4, -0.2) is 69.2 Å². The highest BCUT2D eigenvalue weighted by Gasteiger charge is 2.31. The molecule has 0 aliphatic carbocycles. The van der Waals surface area contributed by atoms with Crippen molar-refractivity contribution in [3.05, 3.63) is 81.5 Å². The van der Waals surface area contributed by atoms with Crippen molar-refractivity contribution in [3.63, 3.8) is 0 Å². The Morgan fingerprint density at radius 2 is 1.62 bits per heavy atom. The largest absolute Gasteiger partial charge is 0.493 e. The van der Waals surface area contributed by atoms with Gasteiger partial charge in [0.25, 0.3) is 5.91 Å². The van der Waals surface area contributed by atoms with Crippen LogP contribution < -0.4 is 9.47 Å². The summed E-state index contributed by atoms with van der Waals surface area (Å²) in [6, 6.07) is 13.4. The zero-order chi connectivity index (χ0) is 29.1. The van der Waals surface area contributed by atoms with E-state index in [0.29, 0.717) is 44.0 Å². The summed E-state index contributed by atoms with van der Waals surface area (Å²) < 4.78 is 54.8. The molecule has 0 saturated carbocycles. The van der Waals surface area contributed by atoms with E-state index in [4.69, 9.17) is 14.2 Å². The topological polar surface area (TPSA) is 68.3 Å². The van der Waals surface area contributed by atoms with Gasteiger partial charge in [0.15, 0.2) is 11.5 Å². The normalized spacial score (nSPS) is 11.2. The summed E-state index contributed by atoms with van der Waals surface area (Å²) in [7, 11) is 4.65. The number of benzene rings is 2. The van der Waals surface area contributed by atoms with E-state index in [0.717, 1.165) is 34.7 Å². The smallest absolute Gasteiger partial charge is 0.416 e. The van der Waals surface area contributed by atoms with Crippen LogP contribution in [-0.2, 0) is 28.7 Å². The monoisotopic (exact) mass is 578 g/mol. The molecule has 1 aromatic heterocycles. The van der Waals surface area contributed by atoms with Gasteiger partial charge in [-0.1, -0.05) is 12.1 Å². The molecule has 0 atom stereocenters. The molecule has 11 heteroatoms. The Bertz CT molecular complexity index is 1230. The van der Waals surface area contributed by atoms with Gasteiger partial charge in [-0.25, -0.2) is 0 Å². The minimum absolute atomic E-state index is 0.0772. The van der Waals surface area contributed by atoms with Crippen molar-refractivity contribution in [2.75, 3.05) is 47.6 Å². The van der Waals surface area contributed by atoms with Crippen molar-refractivity contribution in [2.45, 2.75) is 25.6 Å². The molecule has 3 rings (SSSR count). The summed E-state index contributed by atoms with van der Waals surface area (Å²) in [5.74, 6) is 0.398. The number of thiophene rings is 1. The van der Waals surface area contributed by atoms with Crippen molar-refractivity contribution in [3.8, 4) is 11.5 Å². The molecule has 2 aromatic carbocycles. The van der Waals surface area contributed by atoms with E-state index < -0.39 is 17.6 Å². The van der Waals surface area contributed by atoms with Gasteiger partial charge in [-0.15, -0.1) is 11.3 Å². The number of halogens is 3. The lowest BCUT2D eigenvalue weighted by Crippen LogP contribution is -2.44. The Balaban J connectivity index is 1.78. The molecular weight excluding hydrogens is 545 g/mol. The van der Waals surface area contributed by atoms with E-state index in [1.165, 1.54) is 23.3 Å². The molecule has 0 radical (unpaired) electrons. The van der Waals surface area contributed by atoms with Crippen molar-refractivity contribution < 1.29 is 37.0 Å². The second-order valence-corrected chi connectivity index (χ2v) is 10.0. The first kappa shape index (κ1) is 31.0. The molecule has 0 fully saturated rings. The number of amides is 2. The number of hydrogen-bond donors (Lipinski definition) is 0. The van der Waals surface area contributed by atoms with E-state index >= 15 is 0 Å². The third kappa shape index (κ3) is 8.72. The maximum atomic E-state index is 13.6. The molecule has 1 heterocycles. The summed E-state index contributed by atoms with van der Waals surface area (Å²) in [4.78, 5) is 30.9. The predicted molar refractivity (Wildman–Crippen MR) is 147 cm³/mol. The lowest BCUT2D eigenvalue weighted by Gasteiger charge is -2.28. The van der Waals surface area contributed by atoms with Crippen LogP contribution in [0.5, 0.6) is 11.5 Å². The third-order valence-corrected chi connectivity index (χ3v) is 7.11. The zero-order valence-corrected chi connectivity index (χ0v) is 23.5. The summed E-state index contributed by atoms with van der Waals surface area (Å²) in [5, 5.41) is 1.93. The second-order valence-electron chi connectivity index (χ2n) is 8.98. The number of rotatable bonds is 14. The molecule has 40 heavy (non-hydrogen) atoms. The molecule has 0 bridgehead atoms. The molecule has 0 unspecified atom stereocenters.